The molecule has 3 rings (SSSR count). The van der Waals surface area contributed by atoms with E-state index >= 15 is 0 Å². The number of rotatable bonds is 9. The number of hydrogen-bond donors (Lipinski definition) is 1. The monoisotopic (exact) mass is 356 g/mol. The van der Waals surface area contributed by atoms with Gasteiger partial charge in [0, 0.05) is 48.4 Å². The maximum atomic E-state index is 6.34. The van der Waals surface area contributed by atoms with Crippen LogP contribution in [-0.4, -0.2) is 24.3 Å². The van der Waals surface area contributed by atoms with Crippen molar-refractivity contribution in [3.63, 3.8) is 0 Å². The summed E-state index contributed by atoms with van der Waals surface area (Å²) in [5.74, 6) is 0. The molecule has 1 N–H and O–H groups in total. The van der Waals surface area contributed by atoms with E-state index < -0.39 is 0 Å². The summed E-state index contributed by atoms with van der Waals surface area (Å²) in [6, 6.07) is 16.6. The molecule has 0 atom stereocenters. The van der Waals surface area contributed by atoms with E-state index in [0.29, 0.717) is 0 Å². The van der Waals surface area contributed by atoms with Gasteiger partial charge in [-0.05, 0) is 43.1 Å². The van der Waals surface area contributed by atoms with E-state index in [0.717, 1.165) is 49.9 Å². The normalized spacial score (nSPS) is 11.3. The highest BCUT2D eigenvalue weighted by atomic mass is 35.5. The fourth-order valence-electron chi connectivity index (χ4n) is 3.07. The maximum Gasteiger partial charge on any atom is 0.0491 e. The van der Waals surface area contributed by atoms with Crippen molar-refractivity contribution < 1.29 is 4.74 Å². The van der Waals surface area contributed by atoms with Crippen LogP contribution in [0.3, 0.4) is 0 Å². The van der Waals surface area contributed by atoms with Gasteiger partial charge in [-0.15, -0.1) is 0 Å². The summed E-state index contributed by atoms with van der Waals surface area (Å²) in [7, 11) is 0. The van der Waals surface area contributed by atoms with Gasteiger partial charge in [-0.3, -0.25) is 0 Å². The molecule has 2 aromatic carbocycles. The Morgan fingerprint density at radius 3 is 2.68 bits per heavy atom. The second-order valence-electron chi connectivity index (χ2n) is 6.12. The maximum absolute atomic E-state index is 6.34. The van der Waals surface area contributed by atoms with Gasteiger partial charge >= 0.3 is 0 Å². The highest BCUT2D eigenvalue weighted by Gasteiger charge is 2.09. The van der Waals surface area contributed by atoms with Crippen LogP contribution < -0.4 is 5.32 Å². The lowest BCUT2D eigenvalue weighted by Gasteiger charge is -2.07. The van der Waals surface area contributed by atoms with E-state index in [1.807, 2.05) is 25.1 Å². The number of ether oxygens (including phenoxy) is 1. The average molecular weight is 357 g/mol. The first kappa shape index (κ1) is 18.0. The second-order valence-corrected chi connectivity index (χ2v) is 6.53. The quantitative estimate of drug-likeness (QED) is 0.554. The van der Waals surface area contributed by atoms with Gasteiger partial charge in [0.1, 0.15) is 0 Å². The lowest BCUT2D eigenvalue weighted by molar-refractivity contribution is 0.144. The molecule has 0 saturated heterocycles. The van der Waals surface area contributed by atoms with Crippen molar-refractivity contribution in [2.24, 2.45) is 0 Å². The summed E-state index contributed by atoms with van der Waals surface area (Å²) >= 11 is 6.34. The molecule has 0 aliphatic rings. The van der Waals surface area contributed by atoms with Crippen LogP contribution in [0.25, 0.3) is 10.9 Å². The Bertz CT molecular complexity index is 813. The number of nitrogens with one attached hydrogen (secondary N) is 1. The first-order valence-electron chi connectivity index (χ1n) is 8.88. The van der Waals surface area contributed by atoms with Crippen LogP contribution in [0.2, 0.25) is 5.02 Å². The van der Waals surface area contributed by atoms with Crippen LogP contribution in [0.1, 0.15) is 24.5 Å². The van der Waals surface area contributed by atoms with Crippen molar-refractivity contribution in [2.45, 2.75) is 26.4 Å². The molecular weight excluding hydrogens is 332 g/mol. The van der Waals surface area contributed by atoms with Crippen LogP contribution in [0.15, 0.2) is 54.7 Å². The number of hydrogen-bond acceptors (Lipinski definition) is 2. The number of benzene rings is 2. The van der Waals surface area contributed by atoms with Gasteiger partial charge in [-0.1, -0.05) is 48.0 Å². The van der Waals surface area contributed by atoms with E-state index in [-0.39, 0.29) is 0 Å². The summed E-state index contributed by atoms with van der Waals surface area (Å²) in [6.45, 7) is 6.24. The molecule has 0 bridgehead atoms. The molecule has 132 valence electrons. The molecular formula is C21H25ClN2O. The molecule has 4 heteroatoms. The summed E-state index contributed by atoms with van der Waals surface area (Å²) in [6.07, 6.45) is 3.27. The molecule has 0 fully saturated rings. The number of nitrogens with zero attached hydrogens (tertiary/aromatic N) is 1. The Labute approximate surface area is 154 Å². The van der Waals surface area contributed by atoms with Crippen LogP contribution >= 0.6 is 11.6 Å². The zero-order valence-corrected chi connectivity index (χ0v) is 15.4. The second kappa shape index (κ2) is 9.04. The first-order chi connectivity index (χ1) is 12.3. The fourth-order valence-corrected chi connectivity index (χ4v) is 3.27. The third kappa shape index (κ3) is 4.63. The Kier molecular flexibility index (Phi) is 6.51. The molecule has 3 aromatic rings. The SMILES string of the molecule is CCOCCCNCc1cn(Cc2ccccc2Cl)c2ccccc12. The summed E-state index contributed by atoms with van der Waals surface area (Å²) in [4.78, 5) is 0. The topological polar surface area (TPSA) is 26.2 Å². The molecule has 0 amide bonds. The van der Waals surface area contributed by atoms with Gasteiger partial charge in [0.25, 0.3) is 0 Å². The van der Waals surface area contributed by atoms with Gasteiger partial charge in [0.15, 0.2) is 0 Å². The standard InChI is InChI=1S/C21H25ClN2O/c1-2-25-13-7-12-23-14-18-16-24(21-11-6-4-9-19(18)21)15-17-8-3-5-10-20(17)22/h3-6,8-11,16,23H,2,7,12-15H2,1H3. The third-order valence-corrected chi connectivity index (χ3v) is 4.70. The van der Waals surface area contributed by atoms with Crippen LogP contribution in [0, 0.1) is 0 Å². The minimum absolute atomic E-state index is 0.782. The number of aromatic nitrogens is 1. The molecule has 0 unspecified atom stereocenters. The van der Waals surface area contributed by atoms with E-state index in [9.17, 15) is 0 Å². The Balaban J connectivity index is 1.73. The minimum atomic E-state index is 0.782. The van der Waals surface area contributed by atoms with Crippen molar-refractivity contribution >= 4 is 22.5 Å². The Hall–Kier alpha value is -1.81. The minimum Gasteiger partial charge on any atom is -0.382 e. The highest BCUT2D eigenvalue weighted by Crippen LogP contribution is 2.24. The molecule has 0 aliphatic carbocycles. The van der Waals surface area contributed by atoms with Crippen molar-refractivity contribution in [2.75, 3.05) is 19.8 Å². The average Bonchev–Trinajstić information content (AvgIpc) is 2.98. The molecule has 0 aliphatic heterocycles. The van der Waals surface area contributed by atoms with Gasteiger partial charge in [-0.25, -0.2) is 0 Å². The summed E-state index contributed by atoms with van der Waals surface area (Å²) < 4.78 is 7.67. The van der Waals surface area contributed by atoms with E-state index in [2.05, 4.69) is 46.4 Å². The summed E-state index contributed by atoms with van der Waals surface area (Å²) in [5, 5.41) is 5.64. The largest absolute Gasteiger partial charge is 0.382 e. The predicted molar refractivity (Wildman–Crippen MR) is 105 cm³/mol. The lowest BCUT2D eigenvalue weighted by atomic mass is 10.2. The number of halogens is 1. The first-order valence-corrected chi connectivity index (χ1v) is 9.26. The van der Waals surface area contributed by atoms with Gasteiger partial charge in [0.2, 0.25) is 0 Å². The van der Waals surface area contributed by atoms with Crippen LogP contribution in [-0.2, 0) is 17.8 Å². The molecule has 1 heterocycles. The highest BCUT2D eigenvalue weighted by molar-refractivity contribution is 6.31. The lowest BCUT2D eigenvalue weighted by Crippen LogP contribution is -2.16. The van der Waals surface area contributed by atoms with Gasteiger partial charge in [0.05, 0.1) is 0 Å². The van der Waals surface area contributed by atoms with Gasteiger partial charge in [-0.2, -0.15) is 0 Å². The number of para-hydroxylation sites is 1. The van der Waals surface area contributed by atoms with Crippen molar-refractivity contribution in [3.05, 3.63) is 70.9 Å². The van der Waals surface area contributed by atoms with Crippen LogP contribution in [0.5, 0.6) is 0 Å². The van der Waals surface area contributed by atoms with E-state index in [1.54, 1.807) is 0 Å². The Morgan fingerprint density at radius 1 is 1.04 bits per heavy atom. The van der Waals surface area contributed by atoms with Crippen molar-refractivity contribution in [1.82, 2.24) is 9.88 Å². The Morgan fingerprint density at radius 2 is 1.84 bits per heavy atom. The smallest absolute Gasteiger partial charge is 0.0491 e. The third-order valence-electron chi connectivity index (χ3n) is 4.33. The predicted octanol–water partition coefficient (Wildman–Crippen LogP) is 4.86. The van der Waals surface area contributed by atoms with E-state index in [1.165, 1.54) is 16.5 Å². The molecule has 0 spiro atoms. The fraction of sp³-hybridized carbons (Fsp3) is 0.333. The van der Waals surface area contributed by atoms with Crippen molar-refractivity contribution in [1.29, 1.82) is 0 Å². The van der Waals surface area contributed by atoms with E-state index in [4.69, 9.17) is 16.3 Å². The van der Waals surface area contributed by atoms with Crippen LogP contribution in [0.4, 0.5) is 0 Å². The molecule has 0 saturated carbocycles. The zero-order chi connectivity index (χ0) is 17.5. The number of fused-ring (bicyclic) bond motifs is 1. The summed E-state index contributed by atoms with van der Waals surface area (Å²) in [5.41, 5.74) is 3.70. The van der Waals surface area contributed by atoms with Gasteiger partial charge < -0.3 is 14.6 Å². The molecule has 3 nitrogen and oxygen atoms in total. The molecule has 25 heavy (non-hydrogen) atoms. The zero-order valence-electron chi connectivity index (χ0n) is 14.7. The van der Waals surface area contributed by atoms with Crippen molar-refractivity contribution in [3.8, 4) is 0 Å². The molecule has 0 radical (unpaired) electrons. The molecule has 1 aromatic heterocycles.